The third-order valence-corrected chi connectivity index (χ3v) is 3.68. The van der Waals surface area contributed by atoms with Crippen LogP contribution in [0.4, 0.5) is 0 Å². The van der Waals surface area contributed by atoms with Gasteiger partial charge in [-0.05, 0) is 19.1 Å². The average molecular weight is 283 g/mol. The number of ether oxygens (including phenoxy) is 1. The van der Waals surface area contributed by atoms with Crippen LogP contribution in [0.1, 0.15) is 22.9 Å². The van der Waals surface area contributed by atoms with Crippen LogP contribution in [0.3, 0.4) is 0 Å². The highest BCUT2D eigenvalue weighted by atomic mass is 16.5. The van der Waals surface area contributed by atoms with Crippen molar-refractivity contribution in [3.05, 3.63) is 63.3 Å². The van der Waals surface area contributed by atoms with Crippen molar-refractivity contribution in [2.45, 2.75) is 12.8 Å². The van der Waals surface area contributed by atoms with Gasteiger partial charge in [0.25, 0.3) is 5.56 Å². The van der Waals surface area contributed by atoms with Gasteiger partial charge < -0.3 is 19.5 Å². The highest BCUT2D eigenvalue weighted by Gasteiger charge is 2.35. The molecule has 0 saturated heterocycles. The summed E-state index contributed by atoms with van der Waals surface area (Å²) in [6.45, 7) is 1.80. The van der Waals surface area contributed by atoms with Crippen molar-refractivity contribution in [1.29, 1.82) is 5.26 Å². The van der Waals surface area contributed by atoms with Crippen LogP contribution in [0.5, 0.6) is 5.75 Å². The van der Waals surface area contributed by atoms with Crippen LogP contribution in [-0.2, 0) is 7.05 Å². The van der Waals surface area contributed by atoms with E-state index in [4.69, 9.17) is 14.9 Å². The molecule has 0 spiro atoms. The molecule has 0 amide bonds. The molecule has 6 heteroatoms. The summed E-state index contributed by atoms with van der Waals surface area (Å²) in [7, 11) is 1.67. The van der Waals surface area contributed by atoms with Gasteiger partial charge in [0.2, 0.25) is 5.88 Å². The first-order valence-corrected chi connectivity index (χ1v) is 6.36. The fraction of sp³-hybridized carbons (Fsp3) is 0.200. The molecule has 0 aliphatic carbocycles. The molecule has 0 saturated carbocycles. The van der Waals surface area contributed by atoms with Crippen LogP contribution < -0.4 is 16.0 Å². The van der Waals surface area contributed by atoms with Crippen molar-refractivity contribution in [3.8, 4) is 11.8 Å². The molecule has 0 aromatic carbocycles. The van der Waals surface area contributed by atoms with Gasteiger partial charge in [-0.25, -0.2) is 0 Å². The van der Waals surface area contributed by atoms with Gasteiger partial charge in [-0.1, -0.05) is 0 Å². The molecule has 0 radical (unpaired) electrons. The van der Waals surface area contributed by atoms with Gasteiger partial charge in [0, 0.05) is 18.8 Å². The Bertz CT molecular complexity index is 838. The Morgan fingerprint density at radius 2 is 2.24 bits per heavy atom. The van der Waals surface area contributed by atoms with Crippen LogP contribution in [0, 0.1) is 18.3 Å². The topological polar surface area (TPSA) is 94.2 Å². The summed E-state index contributed by atoms with van der Waals surface area (Å²) in [5.41, 5.74) is 6.88. The molecule has 1 unspecified atom stereocenters. The fourth-order valence-corrected chi connectivity index (χ4v) is 2.48. The number of pyridine rings is 1. The van der Waals surface area contributed by atoms with E-state index in [1.165, 1.54) is 10.8 Å². The number of fused-ring (bicyclic) bond motifs is 1. The van der Waals surface area contributed by atoms with Gasteiger partial charge in [-0.3, -0.25) is 4.79 Å². The van der Waals surface area contributed by atoms with E-state index in [0.717, 1.165) is 5.69 Å². The number of nitrogens with two attached hydrogens (primary N) is 1. The molecule has 3 heterocycles. The lowest BCUT2D eigenvalue weighted by Crippen LogP contribution is -2.31. The van der Waals surface area contributed by atoms with Crippen LogP contribution in [0.2, 0.25) is 0 Å². The molecule has 1 atom stereocenters. The quantitative estimate of drug-likeness (QED) is 0.856. The first-order chi connectivity index (χ1) is 10.0. The Morgan fingerprint density at radius 1 is 1.48 bits per heavy atom. The minimum Gasteiger partial charge on any atom is -0.468 e. The van der Waals surface area contributed by atoms with Crippen molar-refractivity contribution in [2.24, 2.45) is 12.8 Å². The van der Waals surface area contributed by atoms with Gasteiger partial charge in [0.15, 0.2) is 0 Å². The summed E-state index contributed by atoms with van der Waals surface area (Å²) in [5, 5.41) is 9.35. The number of furan rings is 1. The van der Waals surface area contributed by atoms with E-state index in [1.54, 1.807) is 32.2 Å². The molecule has 21 heavy (non-hydrogen) atoms. The van der Waals surface area contributed by atoms with Crippen molar-refractivity contribution < 1.29 is 9.15 Å². The number of hydrogen-bond acceptors (Lipinski definition) is 5. The Balaban J connectivity index is 2.36. The lowest BCUT2D eigenvalue weighted by molar-refractivity contribution is 0.379. The van der Waals surface area contributed by atoms with Crippen molar-refractivity contribution in [1.82, 2.24) is 4.57 Å². The third-order valence-electron chi connectivity index (χ3n) is 3.68. The van der Waals surface area contributed by atoms with Crippen molar-refractivity contribution >= 4 is 0 Å². The molecule has 1 aliphatic rings. The second-order valence-electron chi connectivity index (χ2n) is 4.87. The second kappa shape index (κ2) is 4.56. The van der Waals surface area contributed by atoms with E-state index < -0.39 is 5.92 Å². The molecule has 3 rings (SSSR count). The Kier molecular flexibility index (Phi) is 2.84. The Labute approximate surface area is 120 Å². The summed E-state index contributed by atoms with van der Waals surface area (Å²) in [6, 6.07) is 7.16. The highest BCUT2D eigenvalue weighted by Crippen LogP contribution is 2.40. The molecule has 2 N–H and O–H groups in total. The van der Waals surface area contributed by atoms with Crippen molar-refractivity contribution in [2.75, 3.05) is 0 Å². The third kappa shape index (κ3) is 1.82. The normalized spacial score (nSPS) is 17.1. The molecule has 106 valence electrons. The highest BCUT2D eigenvalue weighted by molar-refractivity contribution is 5.53. The van der Waals surface area contributed by atoms with E-state index in [2.05, 4.69) is 0 Å². The summed E-state index contributed by atoms with van der Waals surface area (Å²) < 4.78 is 12.4. The molecule has 2 aromatic rings. The molecule has 0 bridgehead atoms. The minimum absolute atomic E-state index is 0.000877. The van der Waals surface area contributed by atoms with E-state index in [-0.39, 0.29) is 17.0 Å². The molecule has 6 nitrogen and oxygen atoms in total. The molecule has 0 fully saturated rings. The lowest BCUT2D eigenvalue weighted by Gasteiger charge is -2.25. The molecular weight excluding hydrogens is 270 g/mol. The number of allylic oxidation sites excluding steroid dienone is 1. The molecule has 2 aromatic heterocycles. The Hall–Kier alpha value is -2.94. The molecule has 1 aliphatic heterocycles. The second-order valence-corrected chi connectivity index (χ2v) is 4.87. The summed E-state index contributed by atoms with van der Waals surface area (Å²) >= 11 is 0. The minimum atomic E-state index is -0.645. The van der Waals surface area contributed by atoms with E-state index in [9.17, 15) is 10.1 Å². The lowest BCUT2D eigenvalue weighted by atomic mass is 9.88. The number of nitriles is 1. The predicted molar refractivity (Wildman–Crippen MR) is 74.4 cm³/mol. The predicted octanol–water partition coefficient (Wildman–Crippen LogP) is 1.50. The summed E-state index contributed by atoms with van der Waals surface area (Å²) in [6.07, 6.45) is 1.49. The maximum absolute atomic E-state index is 12.6. The maximum atomic E-state index is 12.6. The number of aromatic nitrogens is 1. The number of hydrogen-bond donors (Lipinski definition) is 1. The summed E-state index contributed by atoms with van der Waals surface area (Å²) in [5.74, 6) is 0.209. The zero-order valence-corrected chi connectivity index (χ0v) is 11.6. The fourth-order valence-electron chi connectivity index (χ4n) is 2.48. The molecular formula is C15H13N3O3. The van der Waals surface area contributed by atoms with Crippen LogP contribution in [-0.4, -0.2) is 4.57 Å². The van der Waals surface area contributed by atoms with Crippen LogP contribution >= 0.6 is 0 Å². The summed E-state index contributed by atoms with van der Waals surface area (Å²) in [4.78, 5) is 12.6. The van der Waals surface area contributed by atoms with Gasteiger partial charge in [-0.15, -0.1) is 0 Å². The first kappa shape index (κ1) is 13.1. The number of rotatable bonds is 1. The van der Waals surface area contributed by atoms with E-state index >= 15 is 0 Å². The van der Waals surface area contributed by atoms with E-state index in [1.807, 2.05) is 6.07 Å². The largest absolute Gasteiger partial charge is 0.468 e. The van der Waals surface area contributed by atoms with Gasteiger partial charge in [-0.2, -0.15) is 5.26 Å². The number of nitrogens with zero attached hydrogens (tertiary/aromatic N) is 2. The Morgan fingerprint density at radius 3 is 2.86 bits per heavy atom. The standard InChI is InChI=1S/C15H13N3O3/c1-8-6-11-13(15(19)18(8)2)12(10-4-3-5-20-10)9(7-16)14(17)21-11/h3-6,12H,17H2,1-2H3. The first-order valence-electron chi connectivity index (χ1n) is 6.36. The zero-order valence-electron chi connectivity index (χ0n) is 11.6. The smallest absolute Gasteiger partial charge is 0.258 e. The maximum Gasteiger partial charge on any atom is 0.258 e. The SMILES string of the molecule is Cc1cc2c(c(=O)n1C)C(c1ccco1)C(C#N)=C(N)O2. The van der Waals surface area contributed by atoms with Gasteiger partial charge >= 0.3 is 0 Å². The zero-order chi connectivity index (χ0) is 15.1. The van der Waals surface area contributed by atoms with Crippen molar-refractivity contribution in [3.63, 3.8) is 0 Å². The van der Waals surface area contributed by atoms with E-state index in [0.29, 0.717) is 17.1 Å². The monoisotopic (exact) mass is 283 g/mol. The van der Waals surface area contributed by atoms with Gasteiger partial charge in [0.05, 0.1) is 17.7 Å². The van der Waals surface area contributed by atoms with Crippen LogP contribution in [0.25, 0.3) is 0 Å². The van der Waals surface area contributed by atoms with Gasteiger partial charge in [0.1, 0.15) is 23.2 Å². The average Bonchev–Trinajstić information content (AvgIpc) is 2.97. The van der Waals surface area contributed by atoms with Crippen LogP contribution in [0.15, 0.2) is 45.1 Å². The number of aryl methyl sites for hydroxylation is 1.